The highest BCUT2D eigenvalue weighted by Gasteiger charge is 2.09. The van der Waals surface area contributed by atoms with E-state index in [0.29, 0.717) is 19.1 Å². The smallest absolute Gasteiger partial charge is 0.305 e. The van der Waals surface area contributed by atoms with Gasteiger partial charge in [0.15, 0.2) is 0 Å². The van der Waals surface area contributed by atoms with Crippen molar-refractivity contribution in [1.29, 1.82) is 0 Å². The van der Waals surface area contributed by atoms with Crippen LogP contribution in [0.1, 0.15) is 290 Å². The maximum Gasteiger partial charge on any atom is 0.305 e. The molecule has 312 valence electrons. The fourth-order valence-corrected chi connectivity index (χ4v) is 7.95. The molecular formula is C49H99NO2. The van der Waals surface area contributed by atoms with Crippen molar-refractivity contribution < 1.29 is 9.53 Å². The number of esters is 1. The second-order valence-electron chi connectivity index (χ2n) is 16.9. The highest BCUT2D eigenvalue weighted by Crippen LogP contribution is 2.18. The van der Waals surface area contributed by atoms with Gasteiger partial charge in [0.1, 0.15) is 6.61 Å². The molecule has 0 radical (unpaired) electrons. The number of nitrogens with one attached hydrogen (secondary N) is 1. The van der Waals surface area contributed by atoms with E-state index in [0.717, 1.165) is 19.4 Å². The lowest BCUT2D eigenvalue weighted by molar-refractivity contribution is -0.143. The first-order chi connectivity index (χ1) is 25.7. The minimum atomic E-state index is 0.00233. The summed E-state index contributed by atoms with van der Waals surface area (Å²) in [6.45, 7) is 8.21. The zero-order valence-electron chi connectivity index (χ0n) is 36.5. The summed E-state index contributed by atoms with van der Waals surface area (Å²) in [5.74, 6) is 0.00233. The Morgan fingerprint density at radius 1 is 0.365 bits per heavy atom. The lowest BCUT2D eigenvalue weighted by atomic mass is 9.99. The molecule has 0 spiro atoms. The van der Waals surface area contributed by atoms with Gasteiger partial charge in [0.25, 0.3) is 0 Å². The maximum atomic E-state index is 12.2. The molecule has 1 N–H and O–H groups in total. The van der Waals surface area contributed by atoms with Crippen LogP contribution in [0.5, 0.6) is 0 Å². The highest BCUT2D eigenvalue weighted by atomic mass is 16.5. The van der Waals surface area contributed by atoms with Crippen LogP contribution in [0.25, 0.3) is 0 Å². The molecule has 0 aromatic carbocycles. The molecule has 0 atom stereocenters. The molecule has 0 unspecified atom stereocenters. The first-order valence-corrected chi connectivity index (χ1v) is 24.6. The molecule has 0 saturated heterocycles. The lowest BCUT2D eigenvalue weighted by Gasteiger charge is -2.19. The summed E-state index contributed by atoms with van der Waals surface area (Å²) in [5, 5.41) is 3.80. The van der Waals surface area contributed by atoms with Gasteiger partial charge in [0, 0.05) is 19.0 Å². The van der Waals surface area contributed by atoms with Gasteiger partial charge in [0.2, 0.25) is 0 Å². The van der Waals surface area contributed by atoms with Gasteiger partial charge in [0.05, 0.1) is 0 Å². The first kappa shape index (κ1) is 51.4. The third-order valence-electron chi connectivity index (χ3n) is 11.6. The SMILES string of the molecule is CCCCCCCCCCCCCCCCCCC(CCCCCCCCCCCCCCCCCC)NCCOC(=O)CCCCCCCCC. The average Bonchev–Trinajstić information content (AvgIpc) is 3.15. The van der Waals surface area contributed by atoms with Gasteiger partial charge in [-0.15, -0.1) is 0 Å². The number of hydrogen-bond donors (Lipinski definition) is 1. The number of rotatable bonds is 46. The van der Waals surface area contributed by atoms with Gasteiger partial charge < -0.3 is 10.1 Å². The summed E-state index contributed by atoms with van der Waals surface area (Å²) in [7, 11) is 0. The van der Waals surface area contributed by atoms with E-state index in [4.69, 9.17) is 4.74 Å². The third-order valence-corrected chi connectivity index (χ3v) is 11.6. The number of ether oxygens (including phenoxy) is 1. The number of hydrogen-bond acceptors (Lipinski definition) is 3. The topological polar surface area (TPSA) is 38.3 Å². The summed E-state index contributed by atoms with van der Waals surface area (Å²) in [6.07, 6.45) is 57.5. The summed E-state index contributed by atoms with van der Waals surface area (Å²) in [6, 6.07) is 0.583. The molecule has 3 heteroatoms. The number of unbranched alkanes of at least 4 members (excludes halogenated alkanes) is 36. The molecule has 0 saturated carbocycles. The van der Waals surface area contributed by atoms with Crippen molar-refractivity contribution >= 4 is 5.97 Å². The van der Waals surface area contributed by atoms with Crippen molar-refractivity contribution in [2.75, 3.05) is 13.2 Å². The Labute approximate surface area is 329 Å². The van der Waals surface area contributed by atoms with Crippen molar-refractivity contribution in [3.05, 3.63) is 0 Å². The van der Waals surface area contributed by atoms with Crippen LogP contribution < -0.4 is 5.32 Å². The van der Waals surface area contributed by atoms with Gasteiger partial charge >= 0.3 is 5.97 Å². The average molecular weight is 734 g/mol. The lowest BCUT2D eigenvalue weighted by Crippen LogP contribution is -2.32. The summed E-state index contributed by atoms with van der Waals surface area (Å²) < 4.78 is 5.61. The van der Waals surface area contributed by atoms with E-state index in [-0.39, 0.29) is 5.97 Å². The first-order valence-electron chi connectivity index (χ1n) is 24.6. The maximum absolute atomic E-state index is 12.2. The predicted molar refractivity (Wildman–Crippen MR) is 234 cm³/mol. The standard InChI is InChI=1S/C49H99NO2/c1-4-7-10-13-16-18-20-22-24-26-28-30-32-35-37-40-43-48(50-46-47-52-49(51)45-42-39-34-15-12-9-6-3)44-41-38-36-33-31-29-27-25-23-21-19-17-14-11-8-5-2/h48,50H,4-47H2,1-3H3. The van der Waals surface area contributed by atoms with E-state index in [2.05, 4.69) is 26.1 Å². The molecule has 0 aromatic heterocycles. The zero-order valence-corrected chi connectivity index (χ0v) is 36.5. The Kier molecular flexibility index (Phi) is 46.1. The van der Waals surface area contributed by atoms with Crippen molar-refractivity contribution in [3.8, 4) is 0 Å². The van der Waals surface area contributed by atoms with Crippen LogP contribution in [0.15, 0.2) is 0 Å². The van der Waals surface area contributed by atoms with Gasteiger partial charge in [-0.1, -0.05) is 265 Å². The van der Waals surface area contributed by atoms with Crippen molar-refractivity contribution in [2.24, 2.45) is 0 Å². The number of carbonyl (C=O) groups is 1. The second kappa shape index (κ2) is 46.6. The Morgan fingerprint density at radius 2 is 0.615 bits per heavy atom. The molecule has 3 nitrogen and oxygen atoms in total. The molecule has 0 fully saturated rings. The zero-order chi connectivity index (χ0) is 37.7. The van der Waals surface area contributed by atoms with E-state index in [1.165, 1.54) is 250 Å². The molecule has 0 aliphatic heterocycles. The molecule has 0 aromatic rings. The van der Waals surface area contributed by atoms with E-state index >= 15 is 0 Å². The fraction of sp³-hybridized carbons (Fsp3) is 0.980. The van der Waals surface area contributed by atoms with Crippen molar-refractivity contribution in [3.63, 3.8) is 0 Å². The summed E-state index contributed by atoms with van der Waals surface area (Å²) in [5.41, 5.74) is 0. The molecule has 0 aliphatic carbocycles. The van der Waals surface area contributed by atoms with Crippen LogP contribution in [-0.4, -0.2) is 25.2 Å². The quantitative estimate of drug-likeness (QED) is 0.0500. The molecular weight excluding hydrogens is 635 g/mol. The molecule has 0 heterocycles. The molecule has 0 aliphatic rings. The van der Waals surface area contributed by atoms with Gasteiger partial charge in [-0.2, -0.15) is 0 Å². The monoisotopic (exact) mass is 734 g/mol. The van der Waals surface area contributed by atoms with E-state index in [9.17, 15) is 4.79 Å². The fourth-order valence-electron chi connectivity index (χ4n) is 7.95. The minimum absolute atomic E-state index is 0.00233. The molecule has 52 heavy (non-hydrogen) atoms. The van der Waals surface area contributed by atoms with E-state index < -0.39 is 0 Å². The third kappa shape index (κ3) is 43.8. The Hall–Kier alpha value is -0.570. The number of carbonyl (C=O) groups excluding carboxylic acids is 1. The largest absolute Gasteiger partial charge is 0.464 e. The normalized spacial score (nSPS) is 11.6. The molecule has 0 amide bonds. The summed E-state index contributed by atoms with van der Waals surface area (Å²) >= 11 is 0. The molecule has 0 bridgehead atoms. The van der Waals surface area contributed by atoms with Crippen LogP contribution in [0.2, 0.25) is 0 Å². The van der Waals surface area contributed by atoms with Crippen molar-refractivity contribution in [2.45, 2.75) is 296 Å². The Morgan fingerprint density at radius 3 is 0.904 bits per heavy atom. The highest BCUT2D eigenvalue weighted by molar-refractivity contribution is 5.69. The Balaban J connectivity index is 4.01. The predicted octanol–water partition coefficient (Wildman–Crippen LogP) is 16.9. The van der Waals surface area contributed by atoms with Gasteiger partial charge in [-0.3, -0.25) is 4.79 Å². The Bertz CT molecular complexity index is 615. The van der Waals surface area contributed by atoms with Crippen LogP contribution in [0, 0.1) is 0 Å². The second-order valence-corrected chi connectivity index (χ2v) is 16.9. The minimum Gasteiger partial charge on any atom is -0.464 e. The van der Waals surface area contributed by atoms with Crippen molar-refractivity contribution in [1.82, 2.24) is 5.32 Å². The van der Waals surface area contributed by atoms with Crippen LogP contribution >= 0.6 is 0 Å². The van der Waals surface area contributed by atoms with Gasteiger partial charge in [-0.25, -0.2) is 0 Å². The van der Waals surface area contributed by atoms with E-state index in [1.807, 2.05) is 0 Å². The summed E-state index contributed by atoms with van der Waals surface area (Å²) in [4.78, 5) is 12.2. The van der Waals surface area contributed by atoms with Gasteiger partial charge in [-0.05, 0) is 19.3 Å². The van der Waals surface area contributed by atoms with E-state index in [1.54, 1.807) is 0 Å². The molecule has 0 rings (SSSR count). The van der Waals surface area contributed by atoms with Crippen LogP contribution in [-0.2, 0) is 9.53 Å². The van der Waals surface area contributed by atoms with Crippen LogP contribution in [0.4, 0.5) is 0 Å². The van der Waals surface area contributed by atoms with Crippen LogP contribution in [0.3, 0.4) is 0 Å².